The van der Waals surface area contributed by atoms with Gasteiger partial charge < -0.3 is 15.3 Å². The van der Waals surface area contributed by atoms with Crippen molar-refractivity contribution in [3.05, 3.63) is 0 Å². The smallest absolute Gasteiger partial charge is 0.0774 e. The molecule has 1 saturated carbocycles. The molecule has 2 heterocycles. The van der Waals surface area contributed by atoms with E-state index < -0.39 is 0 Å². The zero-order valence-electron chi connectivity index (χ0n) is 11.6. The summed E-state index contributed by atoms with van der Waals surface area (Å²) in [6.07, 6.45) is 9.86. The van der Waals surface area contributed by atoms with Crippen molar-refractivity contribution in [2.24, 2.45) is 5.41 Å². The predicted molar refractivity (Wildman–Crippen MR) is 73.6 cm³/mol. The van der Waals surface area contributed by atoms with Gasteiger partial charge in [-0.15, -0.1) is 0 Å². The topological polar surface area (TPSA) is 35.5 Å². The molecule has 0 atom stereocenters. The van der Waals surface area contributed by atoms with Crippen LogP contribution < -0.4 is 5.32 Å². The van der Waals surface area contributed by atoms with Crippen molar-refractivity contribution < 1.29 is 5.11 Å². The molecule has 1 aliphatic carbocycles. The highest BCUT2D eigenvalue weighted by molar-refractivity contribution is 4.96. The molecule has 0 bridgehead atoms. The molecule has 3 fully saturated rings. The lowest BCUT2D eigenvalue weighted by Gasteiger charge is -2.47. The van der Waals surface area contributed by atoms with Crippen LogP contribution in [0.2, 0.25) is 0 Å². The van der Waals surface area contributed by atoms with E-state index in [9.17, 15) is 5.11 Å². The number of piperidine rings is 1. The minimum atomic E-state index is -0.375. The first-order valence-electron chi connectivity index (χ1n) is 7.85. The average molecular weight is 252 g/mol. The fourth-order valence-corrected chi connectivity index (χ4v) is 4.22. The van der Waals surface area contributed by atoms with Gasteiger partial charge in [0.2, 0.25) is 0 Å². The first-order valence-corrected chi connectivity index (χ1v) is 7.85. The Labute approximate surface area is 111 Å². The molecule has 18 heavy (non-hydrogen) atoms. The summed E-state index contributed by atoms with van der Waals surface area (Å²) >= 11 is 0. The third-order valence-electron chi connectivity index (χ3n) is 5.62. The average Bonchev–Trinajstić information content (AvgIpc) is 2.88. The van der Waals surface area contributed by atoms with Crippen LogP contribution in [0, 0.1) is 5.41 Å². The van der Waals surface area contributed by atoms with E-state index in [1.54, 1.807) is 0 Å². The number of nitrogens with zero attached hydrogens (tertiary/aromatic N) is 1. The van der Waals surface area contributed by atoms with Crippen molar-refractivity contribution in [1.29, 1.82) is 0 Å². The number of likely N-dealkylation sites (tertiary alicyclic amines) is 1. The van der Waals surface area contributed by atoms with Crippen LogP contribution in [0.1, 0.15) is 51.4 Å². The molecule has 0 amide bonds. The van der Waals surface area contributed by atoms with Crippen LogP contribution in [0.15, 0.2) is 0 Å². The fraction of sp³-hybridized carbons (Fsp3) is 1.00. The molecule has 3 nitrogen and oxygen atoms in total. The lowest BCUT2D eigenvalue weighted by molar-refractivity contribution is -0.0591. The third-order valence-corrected chi connectivity index (χ3v) is 5.62. The summed E-state index contributed by atoms with van der Waals surface area (Å²) in [5, 5.41) is 14.3. The number of rotatable bonds is 2. The minimum Gasteiger partial charge on any atom is -0.389 e. The second-order valence-corrected chi connectivity index (χ2v) is 6.96. The van der Waals surface area contributed by atoms with Crippen molar-refractivity contribution in [3.8, 4) is 0 Å². The third kappa shape index (κ3) is 2.73. The first-order chi connectivity index (χ1) is 8.70. The number of aliphatic hydroxyl groups is 1. The normalized spacial score (nSPS) is 31.8. The Balaban J connectivity index is 1.54. The summed E-state index contributed by atoms with van der Waals surface area (Å²) in [5.41, 5.74) is 0.197. The van der Waals surface area contributed by atoms with Crippen LogP contribution >= 0.6 is 0 Å². The lowest BCUT2D eigenvalue weighted by atomic mass is 9.64. The Morgan fingerprint density at radius 1 is 0.889 bits per heavy atom. The highest BCUT2D eigenvalue weighted by atomic mass is 16.3. The standard InChI is InChI=1S/C15H28N2O/c18-15(13-17-11-1-2-12-17)5-3-14(4-6-15)7-9-16-10-8-14/h16,18H,1-13H2. The van der Waals surface area contributed by atoms with Gasteiger partial charge in [-0.3, -0.25) is 0 Å². The van der Waals surface area contributed by atoms with E-state index in [-0.39, 0.29) is 5.60 Å². The maximum absolute atomic E-state index is 10.8. The molecule has 0 unspecified atom stereocenters. The summed E-state index contributed by atoms with van der Waals surface area (Å²) in [6.45, 7) is 5.71. The Morgan fingerprint density at radius 3 is 2.11 bits per heavy atom. The monoisotopic (exact) mass is 252 g/mol. The summed E-state index contributed by atoms with van der Waals surface area (Å²) in [5.74, 6) is 0. The summed E-state index contributed by atoms with van der Waals surface area (Å²) in [7, 11) is 0. The highest BCUT2D eigenvalue weighted by Gasteiger charge is 2.42. The molecule has 0 aromatic heterocycles. The van der Waals surface area contributed by atoms with Gasteiger partial charge >= 0.3 is 0 Å². The van der Waals surface area contributed by atoms with E-state index in [1.165, 1.54) is 64.7 Å². The second kappa shape index (κ2) is 5.10. The molecule has 0 radical (unpaired) electrons. The van der Waals surface area contributed by atoms with Gasteiger partial charge in [-0.2, -0.15) is 0 Å². The number of hydrogen-bond donors (Lipinski definition) is 2. The van der Waals surface area contributed by atoms with Crippen LogP contribution in [0.4, 0.5) is 0 Å². The van der Waals surface area contributed by atoms with E-state index in [1.807, 2.05) is 0 Å². The summed E-state index contributed by atoms with van der Waals surface area (Å²) < 4.78 is 0. The van der Waals surface area contributed by atoms with Crippen LogP contribution in [-0.4, -0.2) is 48.3 Å². The summed E-state index contributed by atoms with van der Waals surface area (Å²) in [6, 6.07) is 0. The van der Waals surface area contributed by atoms with Gasteiger partial charge in [-0.05, 0) is 83.0 Å². The van der Waals surface area contributed by atoms with Crippen molar-refractivity contribution >= 4 is 0 Å². The van der Waals surface area contributed by atoms with Crippen molar-refractivity contribution in [2.45, 2.75) is 57.0 Å². The SMILES string of the molecule is OC1(CN2CCCC2)CCC2(CCNCC2)CC1. The van der Waals surface area contributed by atoms with Gasteiger partial charge in [-0.1, -0.05) is 0 Å². The van der Waals surface area contributed by atoms with E-state index in [2.05, 4.69) is 10.2 Å². The van der Waals surface area contributed by atoms with E-state index in [0.717, 1.165) is 19.4 Å². The van der Waals surface area contributed by atoms with Gasteiger partial charge in [0.15, 0.2) is 0 Å². The van der Waals surface area contributed by atoms with Gasteiger partial charge in [0.1, 0.15) is 0 Å². The van der Waals surface area contributed by atoms with Crippen molar-refractivity contribution in [2.75, 3.05) is 32.7 Å². The molecule has 2 saturated heterocycles. The van der Waals surface area contributed by atoms with Crippen LogP contribution in [0.25, 0.3) is 0 Å². The van der Waals surface area contributed by atoms with Gasteiger partial charge in [0.05, 0.1) is 5.60 Å². The molecule has 3 aliphatic rings. The number of hydrogen-bond acceptors (Lipinski definition) is 3. The van der Waals surface area contributed by atoms with Crippen molar-refractivity contribution in [3.63, 3.8) is 0 Å². The van der Waals surface area contributed by atoms with Crippen molar-refractivity contribution in [1.82, 2.24) is 10.2 Å². The maximum atomic E-state index is 10.8. The highest BCUT2D eigenvalue weighted by Crippen LogP contribution is 2.46. The van der Waals surface area contributed by atoms with Crippen LogP contribution in [0.5, 0.6) is 0 Å². The molecule has 0 aromatic rings. The second-order valence-electron chi connectivity index (χ2n) is 6.96. The summed E-state index contributed by atoms with van der Waals surface area (Å²) in [4.78, 5) is 2.47. The molecule has 3 rings (SSSR count). The van der Waals surface area contributed by atoms with E-state index in [0.29, 0.717) is 5.41 Å². The molecule has 2 aliphatic heterocycles. The maximum Gasteiger partial charge on any atom is 0.0774 e. The van der Waals surface area contributed by atoms with Gasteiger partial charge in [-0.25, -0.2) is 0 Å². The van der Waals surface area contributed by atoms with Crippen LogP contribution in [-0.2, 0) is 0 Å². The quantitative estimate of drug-likeness (QED) is 0.786. The predicted octanol–water partition coefficient (Wildman–Crippen LogP) is 1.76. The molecular weight excluding hydrogens is 224 g/mol. The Morgan fingerprint density at radius 2 is 1.50 bits per heavy atom. The van der Waals surface area contributed by atoms with Crippen LogP contribution in [0.3, 0.4) is 0 Å². The van der Waals surface area contributed by atoms with Gasteiger partial charge in [0.25, 0.3) is 0 Å². The molecule has 3 heteroatoms. The molecule has 2 N–H and O–H groups in total. The number of nitrogens with one attached hydrogen (secondary N) is 1. The fourth-order valence-electron chi connectivity index (χ4n) is 4.22. The molecular formula is C15H28N2O. The van der Waals surface area contributed by atoms with E-state index in [4.69, 9.17) is 0 Å². The molecule has 1 spiro atoms. The number of β-amino-alcohol motifs (C(OH)–C–C–N with tert-alkyl or cyclic N) is 1. The Bertz CT molecular complexity index is 270. The van der Waals surface area contributed by atoms with Gasteiger partial charge in [0, 0.05) is 6.54 Å². The first kappa shape index (κ1) is 12.9. The lowest BCUT2D eigenvalue weighted by Crippen LogP contribution is -2.49. The zero-order chi connectivity index (χ0) is 12.5. The molecule has 0 aromatic carbocycles. The largest absolute Gasteiger partial charge is 0.389 e. The Hall–Kier alpha value is -0.120. The zero-order valence-corrected chi connectivity index (χ0v) is 11.6. The Kier molecular flexibility index (Phi) is 3.65. The molecule has 104 valence electrons. The minimum absolute atomic E-state index is 0.375. The van der Waals surface area contributed by atoms with E-state index >= 15 is 0 Å².